The number of aromatic nitrogens is 2. The molecule has 2 aromatic rings. The molecule has 0 saturated heterocycles. The molecule has 0 bridgehead atoms. The van der Waals surface area contributed by atoms with Crippen molar-refractivity contribution >= 4 is 17.2 Å². The number of anilines is 1. The summed E-state index contributed by atoms with van der Waals surface area (Å²) in [5, 5.41) is 9.87. The van der Waals surface area contributed by atoms with Crippen molar-refractivity contribution in [1.29, 1.82) is 0 Å². The van der Waals surface area contributed by atoms with Crippen LogP contribution in [0.25, 0.3) is 5.70 Å². The molecule has 1 aliphatic rings. The quantitative estimate of drug-likeness (QED) is 0.877. The van der Waals surface area contributed by atoms with Crippen LogP contribution in [0, 0.1) is 6.92 Å². The van der Waals surface area contributed by atoms with Crippen molar-refractivity contribution in [3.63, 3.8) is 0 Å². The summed E-state index contributed by atoms with van der Waals surface area (Å²) in [5.74, 6) is 1.73. The van der Waals surface area contributed by atoms with E-state index in [0.29, 0.717) is 6.42 Å². The van der Waals surface area contributed by atoms with Gasteiger partial charge in [-0.1, -0.05) is 18.2 Å². The first-order valence-corrected chi connectivity index (χ1v) is 9.11. The third-order valence-corrected chi connectivity index (χ3v) is 4.39. The van der Waals surface area contributed by atoms with Crippen molar-refractivity contribution < 1.29 is 0 Å². The number of benzene rings is 1. The zero-order chi connectivity index (χ0) is 18.7. The van der Waals surface area contributed by atoms with Crippen LogP contribution >= 0.6 is 0 Å². The van der Waals surface area contributed by atoms with Crippen LogP contribution in [-0.4, -0.2) is 34.3 Å². The van der Waals surface area contributed by atoms with E-state index in [0.717, 1.165) is 36.0 Å². The average Bonchev–Trinajstić information content (AvgIpc) is 2.54. The Balaban J connectivity index is 1.88. The minimum Gasteiger partial charge on any atom is -0.370 e. The van der Waals surface area contributed by atoms with Crippen molar-refractivity contribution in [3.8, 4) is 0 Å². The number of allylic oxidation sites excluding steroid dienone is 1. The van der Waals surface area contributed by atoms with Crippen LogP contribution in [-0.2, 0) is 6.42 Å². The predicted octanol–water partition coefficient (Wildman–Crippen LogP) is 4.25. The van der Waals surface area contributed by atoms with Gasteiger partial charge in [-0.2, -0.15) is 5.10 Å². The Hall–Kier alpha value is -2.69. The molecule has 5 nitrogen and oxygen atoms in total. The van der Waals surface area contributed by atoms with Crippen molar-refractivity contribution in [2.75, 3.05) is 18.9 Å². The largest absolute Gasteiger partial charge is 0.370 e. The first-order chi connectivity index (χ1) is 12.5. The van der Waals surface area contributed by atoms with Gasteiger partial charge in [-0.05, 0) is 50.5 Å². The van der Waals surface area contributed by atoms with Crippen LogP contribution in [0.15, 0.2) is 41.0 Å². The van der Waals surface area contributed by atoms with Gasteiger partial charge in [0.1, 0.15) is 11.6 Å². The predicted molar refractivity (Wildman–Crippen MR) is 108 cm³/mol. The maximum Gasteiger partial charge on any atom is 0.135 e. The Bertz CT molecular complexity index is 866. The van der Waals surface area contributed by atoms with Gasteiger partial charge >= 0.3 is 0 Å². The molecule has 1 aliphatic heterocycles. The van der Waals surface area contributed by atoms with E-state index < -0.39 is 0 Å². The lowest BCUT2D eigenvalue weighted by atomic mass is 9.99. The first kappa shape index (κ1) is 18.1. The van der Waals surface area contributed by atoms with Gasteiger partial charge in [0, 0.05) is 43.9 Å². The second kappa shape index (κ2) is 7.68. The highest BCUT2D eigenvalue weighted by Gasteiger charge is 2.17. The second-order valence-electron chi connectivity index (χ2n) is 6.88. The number of hydrogen-bond acceptors (Lipinski definition) is 5. The number of nitrogens with zero attached hydrogens (tertiary/aromatic N) is 4. The van der Waals surface area contributed by atoms with Crippen LogP contribution in [0.4, 0.5) is 5.82 Å². The number of hydrogen-bond donors (Lipinski definition) is 1. The van der Waals surface area contributed by atoms with E-state index in [4.69, 9.17) is 0 Å². The van der Waals surface area contributed by atoms with Crippen molar-refractivity contribution in [2.24, 2.45) is 5.10 Å². The molecule has 0 unspecified atom stereocenters. The van der Waals surface area contributed by atoms with E-state index in [1.165, 1.54) is 22.4 Å². The number of nitrogens with one attached hydrogen (secondary N) is 1. The number of hydrazone groups is 1. The molecule has 2 heterocycles. The highest BCUT2D eigenvalue weighted by Crippen LogP contribution is 2.28. The van der Waals surface area contributed by atoms with Crippen molar-refractivity contribution in [2.45, 2.75) is 40.5 Å². The third-order valence-electron chi connectivity index (χ3n) is 4.39. The van der Waals surface area contributed by atoms with Crippen LogP contribution in [0.3, 0.4) is 0 Å². The molecule has 0 atom stereocenters. The minimum absolute atomic E-state index is 0.715. The summed E-state index contributed by atoms with van der Waals surface area (Å²) in [6, 6.07) is 10.6. The molecule has 1 aromatic heterocycles. The summed E-state index contributed by atoms with van der Waals surface area (Å²) in [6.45, 7) is 9.19. The summed E-state index contributed by atoms with van der Waals surface area (Å²) < 4.78 is 0. The third kappa shape index (κ3) is 4.10. The Morgan fingerprint density at radius 3 is 2.65 bits per heavy atom. The normalized spacial score (nSPS) is 14.5. The van der Waals surface area contributed by atoms with Crippen LogP contribution in [0.1, 0.15) is 49.8 Å². The molecule has 0 spiro atoms. The maximum atomic E-state index is 4.63. The lowest BCUT2D eigenvalue weighted by Crippen LogP contribution is -2.19. The fraction of sp³-hybridized carbons (Fsp3) is 0.381. The minimum atomic E-state index is 0.715. The molecular weight excluding hydrogens is 322 g/mol. The van der Waals surface area contributed by atoms with Gasteiger partial charge in [-0.15, -0.1) is 0 Å². The topological polar surface area (TPSA) is 53.4 Å². The zero-order valence-electron chi connectivity index (χ0n) is 16.3. The van der Waals surface area contributed by atoms with Gasteiger partial charge in [0.05, 0.1) is 5.70 Å². The van der Waals surface area contributed by atoms with E-state index >= 15 is 0 Å². The van der Waals surface area contributed by atoms with Gasteiger partial charge in [0.2, 0.25) is 0 Å². The monoisotopic (exact) mass is 349 g/mol. The Morgan fingerprint density at radius 2 is 1.92 bits per heavy atom. The average molecular weight is 349 g/mol. The molecule has 1 aromatic carbocycles. The Kier molecular flexibility index (Phi) is 5.35. The zero-order valence-corrected chi connectivity index (χ0v) is 16.3. The van der Waals surface area contributed by atoms with Gasteiger partial charge in [-0.25, -0.2) is 9.97 Å². The summed E-state index contributed by atoms with van der Waals surface area (Å²) in [5.41, 5.74) is 7.06. The van der Waals surface area contributed by atoms with E-state index in [1.807, 2.05) is 25.0 Å². The highest BCUT2D eigenvalue weighted by atomic mass is 15.4. The van der Waals surface area contributed by atoms with Gasteiger partial charge in [0.25, 0.3) is 0 Å². The summed E-state index contributed by atoms with van der Waals surface area (Å²) in [6.07, 6.45) is 1.64. The smallest absolute Gasteiger partial charge is 0.135 e. The van der Waals surface area contributed by atoms with Crippen molar-refractivity contribution in [3.05, 3.63) is 58.6 Å². The van der Waals surface area contributed by atoms with Gasteiger partial charge in [0.15, 0.2) is 0 Å². The van der Waals surface area contributed by atoms with Crippen LogP contribution in [0.2, 0.25) is 0 Å². The molecule has 136 valence electrons. The summed E-state index contributed by atoms with van der Waals surface area (Å²) in [4.78, 5) is 9.23. The summed E-state index contributed by atoms with van der Waals surface area (Å²) >= 11 is 0. The van der Waals surface area contributed by atoms with Crippen LogP contribution < -0.4 is 5.32 Å². The van der Waals surface area contributed by atoms with E-state index in [9.17, 15) is 0 Å². The molecule has 0 aliphatic carbocycles. The molecule has 5 heteroatoms. The fourth-order valence-corrected chi connectivity index (χ4v) is 3.51. The van der Waals surface area contributed by atoms with Crippen LogP contribution in [0.5, 0.6) is 0 Å². The molecule has 26 heavy (non-hydrogen) atoms. The molecule has 0 amide bonds. The Morgan fingerprint density at radius 1 is 1.12 bits per heavy atom. The Labute approximate surface area is 155 Å². The van der Waals surface area contributed by atoms with Crippen molar-refractivity contribution in [1.82, 2.24) is 15.0 Å². The summed E-state index contributed by atoms with van der Waals surface area (Å²) in [7, 11) is 2.01. The van der Waals surface area contributed by atoms with E-state index in [1.54, 1.807) is 0 Å². The van der Waals surface area contributed by atoms with Gasteiger partial charge in [-0.3, -0.25) is 5.01 Å². The first-order valence-electron chi connectivity index (χ1n) is 9.11. The SMILES string of the molecule is CCNc1cc(C)nc(Cc2cccc(C3=C(C)CC(C)=NN3C)c2)n1. The van der Waals surface area contributed by atoms with E-state index in [2.05, 4.69) is 65.4 Å². The number of aryl methyl sites for hydroxylation is 1. The number of rotatable bonds is 5. The second-order valence-corrected chi connectivity index (χ2v) is 6.88. The highest BCUT2D eigenvalue weighted by molar-refractivity contribution is 5.88. The van der Waals surface area contributed by atoms with Gasteiger partial charge < -0.3 is 5.32 Å². The molecule has 1 N–H and O–H groups in total. The molecular formula is C21H27N5. The molecule has 0 fully saturated rings. The molecule has 3 rings (SSSR count). The van der Waals surface area contributed by atoms with E-state index in [-0.39, 0.29) is 0 Å². The lowest BCUT2D eigenvalue weighted by molar-refractivity contribution is 0.502. The maximum absolute atomic E-state index is 4.63. The molecule has 0 radical (unpaired) electrons. The molecule has 0 saturated carbocycles. The fourth-order valence-electron chi connectivity index (χ4n) is 3.51. The lowest BCUT2D eigenvalue weighted by Gasteiger charge is -2.26. The standard InChI is InChI=1S/C21H27N5/c1-6-22-19-11-15(3)23-20(24-19)13-17-8-7-9-18(12-17)21-14(2)10-16(4)25-26(21)5/h7-9,11-12H,6,10,13H2,1-5H3,(H,22,23,24).